The number of halogens is 1. The molecule has 8 heteroatoms. The van der Waals surface area contributed by atoms with Crippen LogP contribution in [0.1, 0.15) is 6.42 Å². The Bertz CT molecular complexity index is 1480. The summed E-state index contributed by atoms with van der Waals surface area (Å²) in [7, 11) is 1.54. The highest BCUT2D eigenvalue weighted by Gasteiger charge is 2.35. The van der Waals surface area contributed by atoms with E-state index in [9.17, 15) is 14.4 Å². The number of anilines is 2. The molecule has 3 aromatic carbocycles. The summed E-state index contributed by atoms with van der Waals surface area (Å²) < 4.78 is 11.1. The van der Waals surface area contributed by atoms with Crippen molar-refractivity contribution in [2.24, 2.45) is 5.92 Å². The van der Waals surface area contributed by atoms with Crippen molar-refractivity contribution in [3.8, 4) is 17.1 Å². The average molecular weight is 489 g/mol. The van der Waals surface area contributed by atoms with Crippen molar-refractivity contribution in [3.05, 3.63) is 88.0 Å². The lowest BCUT2D eigenvalue weighted by Gasteiger charge is -2.16. The maximum atomic E-state index is 12.8. The van der Waals surface area contributed by atoms with Gasteiger partial charge in [0.15, 0.2) is 5.43 Å². The number of carbonyl (C=O) groups is 2. The van der Waals surface area contributed by atoms with Crippen LogP contribution in [-0.4, -0.2) is 25.5 Å². The van der Waals surface area contributed by atoms with Crippen LogP contribution in [0.25, 0.3) is 22.3 Å². The van der Waals surface area contributed by atoms with Gasteiger partial charge in [-0.1, -0.05) is 11.6 Å². The molecule has 4 aromatic rings. The first-order valence-corrected chi connectivity index (χ1v) is 11.4. The standard InChI is InChI=1S/C27H21ClN2O5/c1-34-21-10-11-24-22(13-21)23(31)14-25(35-24)16-2-6-19(7-3-16)29-27(33)17-12-26(32)30(15-17)20-8-4-18(28)5-9-20/h2-11,13-14,17H,12,15H2,1H3,(H,29,33). The number of rotatable bonds is 5. The van der Waals surface area contributed by atoms with E-state index in [1.807, 2.05) is 0 Å². The predicted molar refractivity (Wildman–Crippen MR) is 135 cm³/mol. The number of nitrogens with zero attached hydrogens (tertiary/aromatic N) is 1. The zero-order chi connectivity index (χ0) is 24.5. The fraction of sp³-hybridized carbons (Fsp3) is 0.148. The van der Waals surface area contributed by atoms with Crippen molar-refractivity contribution in [2.45, 2.75) is 6.42 Å². The summed E-state index contributed by atoms with van der Waals surface area (Å²) in [5.74, 6) is 0.206. The Labute approximate surface area is 205 Å². The summed E-state index contributed by atoms with van der Waals surface area (Å²) in [5, 5.41) is 3.90. The molecule has 35 heavy (non-hydrogen) atoms. The number of nitrogens with one attached hydrogen (secondary N) is 1. The molecule has 0 radical (unpaired) electrons. The van der Waals surface area contributed by atoms with Crippen molar-refractivity contribution in [1.29, 1.82) is 0 Å². The van der Waals surface area contributed by atoms with E-state index in [0.717, 1.165) is 5.69 Å². The SMILES string of the molecule is COc1ccc2oc(-c3ccc(NC(=O)C4CC(=O)N(c5ccc(Cl)cc5)C4)cc3)cc(=O)c2c1. The first-order valence-electron chi connectivity index (χ1n) is 11.0. The molecule has 1 N–H and O–H groups in total. The number of methoxy groups -OCH3 is 1. The molecule has 1 fully saturated rings. The zero-order valence-corrected chi connectivity index (χ0v) is 19.5. The third-order valence-corrected chi connectivity index (χ3v) is 6.26. The van der Waals surface area contributed by atoms with E-state index in [1.54, 1.807) is 71.6 Å². The molecule has 1 saturated heterocycles. The van der Waals surface area contributed by atoms with E-state index in [0.29, 0.717) is 45.3 Å². The number of fused-ring (bicyclic) bond motifs is 1. The highest BCUT2D eigenvalue weighted by Crippen LogP contribution is 2.28. The van der Waals surface area contributed by atoms with Crippen LogP contribution in [-0.2, 0) is 9.59 Å². The molecule has 0 spiro atoms. The number of carbonyl (C=O) groups excluding carboxylic acids is 2. The summed E-state index contributed by atoms with van der Waals surface area (Å²) in [5.41, 5.74) is 2.29. The van der Waals surface area contributed by atoms with Gasteiger partial charge in [-0.2, -0.15) is 0 Å². The van der Waals surface area contributed by atoms with Crippen molar-refractivity contribution < 1.29 is 18.7 Å². The summed E-state index contributed by atoms with van der Waals surface area (Å²) in [6.45, 7) is 0.303. The van der Waals surface area contributed by atoms with Crippen LogP contribution >= 0.6 is 11.6 Å². The summed E-state index contributed by atoms with van der Waals surface area (Å²) >= 11 is 5.93. The molecular weight excluding hydrogens is 468 g/mol. The molecule has 0 bridgehead atoms. The van der Waals surface area contributed by atoms with Gasteiger partial charge in [0.1, 0.15) is 17.1 Å². The van der Waals surface area contributed by atoms with Gasteiger partial charge >= 0.3 is 0 Å². The lowest BCUT2D eigenvalue weighted by atomic mass is 10.1. The minimum Gasteiger partial charge on any atom is -0.497 e. The van der Waals surface area contributed by atoms with E-state index in [2.05, 4.69) is 5.32 Å². The maximum absolute atomic E-state index is 12.8. The normalized spacial score (nSPS) is 15.4. The van der Waals surface area contributed by atoms with Crippen LogP contribution in [0.5, 0.6) is 5.75 Å². The second-order valence-corrected chi connectivity index (χ2v) is 8.72. The number of amides is 2. The molecule has 1 aliphatic rings. The largest absolute Gasteiger partial charge is 0.497 e. The molecule has 1 unspecified atom stereocenters. The average Bonchev–Trinajstić information content (AvgIpc) is 3.26. The second kappa shape index (κ2) is 9.27. The van der Waals surface area contributed by atoms with Gasteiger partial charge in [-0.25, -0.2) is 0 Å². The molecule has 0 saturated carbocycles. The van der Waals surface area contributed by atoms with Gasteiger partial charge < -0.3 is 19.4 Å². The Morgan fingerprint density at radius 2 is 1.77 bits per heavy atom. The van der Waals surface area contributed by atoms with E-state index < -0.39 is 5.92 Å². The Morgan fingerprint density at radius 1 is 1.03 bits per heavy atom. The molecule has 2 amide bonds. The molecule has 1 aromatic heterocycles. The number of hydrogen-bond donors (Lipinski definition) is 1. The zero-order valence-electron chi connectivity index (χ0n) is 18.8. The van der Waals surface area contributed by atoms with Crippen molar-refractivity contribution >= 4 is 45.8 Å². The van der Waals surface area contributed by atoms with Gasteiger partial charge in [0.25, 0.3) is 0 Å². The molecule has 7 nitrogen and oxygen atoms in total. The van der Waals surface area contributed by atoms with Gasteiger partial charge in [-0.3, -0.25) is 14.4 Å². The van der Waals surface area contributed by atoms with Crippen LogP contribution in [0, 0.1) is 5.92 Å². The number of ether oxygens (including phenoxy) is 1. The van der Waals surface area contributed by atoms with E-state index >= 15 is 0 Å². The van der Waals surface area contributed by atoms with Gasteiger partial charge in [-0.05, 0) is 66.7 Å². The van der Waals surface area contributed by atoms with E-state index in [4.69, 9.17) is 20.8 Å². The topological polar surface area (TPSA) is 88.8 Å². The fourth-order valence-electron chi connectivity index (χ4n) is 4.12. The van der Waals surface area contributed by atoms with Gasteiger partial charge in [0.2, 0.25) is 11.8 Å². The van der Waals surface area contributed by atoms with Crippen LogP contribution < -0.4 is 20.4 Å². The minimum atomic E-state index is -0.464. The maximum Gasteiger partial charge on any atom is 0.229 e. The monoisotopic (exact) mass is 488 g/mol. The van der Waals surface area contributed by atoms with Crippen LogP contribution in [0.2, 0.25) is 5.02 Å². The molecule has 1 atom stereocenters. The first-order chi connectivity index (χ1) is 16.9. The first kappa shape index (κ1) is 22.7. The quantitative estimate of drug-likeness (QED) is 0.421. The molecule has 176 valence electrons. The Balaban J connectivity index is 1.29. The van der Waals surface area contributed by atoms with E-state index in [1.165, 1.54) is 13.2 Å². The molecular formula is C27H21ClN2O5. The van der Waals surface area contributed by atoms with Gasteiger partial charge in [0, 0.05) is 41.0 Å². The minimum absolute atomic E-state index is 0.105. The molecule has 5 rings (SSSR count). The van der Waals surface area contributed by atoms with Gasteiger partial charge in [0.05, 0.1) is 18.4 Å². The predicted octanol–water partition coefficient (Wildman–Crippen LogP) is 5.11. The summed E-state index contributed by atoms with van der Waals surface area (Å²) in [4.78, 5) is 39.4. The lowest BCUT2D eigenvalue weighted by Crippen LogP contribution is -2.28. The van der Waals surface area contributed by atoms with Crippen molar-refractivity contribution in [1.82, 2.24) is 0 Å². The lowest BCUT2D eigenvalue weighted by molar-refractivity contribution is -0.122. The smallest absolute Gasteiger partial charge is 0.229 e. The second-order valence-electron chi connectivity index (χ2n) is 8.29. The fourth-order valence-corrected chi connectivity index (χ4v) is 4.25. The third kappa shape index (κ3) is 4.63. The van der Waals surface area contributed by atoms with Crippen LogP contribution in [0.4, 0.5) is 11.4 Å². The highest BCUT2D eigenvalue weighted by atomic mass is 35.5. The van der Waals surface area contributed by atoms with Crippen LogP contribution in [0.3, 0.4) is 0 Å². The van der Waals surface area contributed by atoms with Crippen molar-refractivity contribution in [3.63, 3.8) is 0 Å². The molecule has 1 aliphatic heterocycles. The van der Waals surface area contributed by atoms with E-state index in [-0.39, 0.29) is 23.7 Å². The third-order valence-electron chi connectivity index (χ3n) is 6.01. The van der Waals surface area contributed by atoms with Gasteiger partial charge in [-0.15, -0.1) is 0 Å². The molecule has 2 heterocycles. The summed E-state index contributed by atoms with van der Waals surface area (Å²) in [6.07, 6.45) is 0.138. The van der Waals surface area contributed by atoms with Crippen LogP contribution in [0.15, 0.2) is 82.0 Å². The Kier molecular flexibility index (Phi) is 6.01. The number of benzene rings is 3. The molecule has 0 aliphatic carbocycles. The Morgan fingerprint density at radius 3 is 2.49 bits per heavy atom. The number of hydrogen-bond acceptors (Lipinski definition) is 5. The van der Waals surface area contributed by atoms with Crippen molar-refractivity contribution in [2.75, 3.05) is 23.9 Å². The highest BCUT2D eigenvalue weighted by molar-refractivity contribution is 6.30. The Hall–Kier alpha value is -4.10. The summed E-state index contributed by atoms with van der Waals surface area (Å²) in [6, 6.07) is 20.5.